The minimum absolute atomic E-state index is 0.182. The Morgan fingerprint density at radius 3 is 2.52 bits per heavy atom. The second kappa shape index (κ2) is 7.88. The Labute approximate surface area is 135 Å². The molecular formula is C19H20F2O2. The molecule has 0 aliphatic carbocycles. The lowest BCUT2D eigenvalue weighted by molar-refractivity contribution is -0.0502. The zero-order chi connectivity index (χ0) is 16.8. The van der Waals surface area contributed by atoms with Gasteiger partial charge in [-0.2, -0.15) is 8.78 Å². The maximum Gasteiger partial charge on any atom is 0.387 e. The summed E-state index contributed by atoms with van der Waals surface area (Å²) < 4.78 is 34.5. The van der Waals surface area contributed by atoms with Gasteiger partial charge in [0, 0.05) is 6.61 Å². The monoisotopic (exact) mass is 318 g/mol. The van der Waals surface area contributed by atoms with E-state index < -0.39 is 6.61 Å². The van der Waals surface area contributed by atoms with Crippen LogP contribution in [0.15, 0.2) is 49.0 Å². The van der Waals surface area contributed by atoms with Gasteiger partial charge in [0.1, 0.15) is 5.75 Å². The summed E-state index contributed by atoms with van der Waals surface area (Å²) in [4.78, 5) is 0. The van der Waals surface area contributed by atoms with Crippen LogP contribution in [0.4, 0.5) is 8.78 Å². The van der Waals surface area contributed by atoms with E-state index in [0.717, 1.165) is 22.3 Å². The van der Waals surface area contributed by atoms with Gasteiger partial charge in [-0.05, 0) is 59.9 Å². The van der Waals surface area contributed by atoms with Crippen molar-refractivity contribution in [1.29, 1.82) is 0 Å². The number of alkyl halides is 2. The zero-order valence-electron chi connectivity index (χ0n) is 13.3. The van der Waals surface area contributed by atoms with Gasteiger partial charge in [-0.1, -0.05) is 30.8 Å². The summed E-state index contributed by atoms with van der Waals surface area (Å²) in [6.45, 7) is 6.20. The molecule has 0 amide bonds. The van der Waals surface area contributed by atoms with Crippen molar-refractivity contribution in [2.45, 2.75) is 27.1 Å². The van der Waals surface area contributed by atoms with Crippen molar-refractivity contribution in [2.24, 2.45) is 0 Å². The predicted octanol–water partition coefficient (Wildman–Crippen LogP) is 5.19. The van der Waals surface area contributed by atoms with Gasteiger partial charge >= 0.3 is 6.61 Å². The number of rotatable bonds is 7. The maximum atomic E-state index is 12.3. The van der Waals surface area contributed by atoms with Crippen molar-refractivity contribution in [3.05, 3.63) is 71.3 Å². The van der Waals surface area contributed by atoms with Crippen LogP contribution in [0.25, 0.3) is 5.57 Å². The highest BCUT2D eigenvalue weighted by atomic mass is 19.3. The lowest BCUT2D eigenvalue weighted by Crippen LogP contribution is -2.03. The SMILES string of the molecule is C=C(c1cccc(COCC)c1)c1ccc(OC(F)F)c(C)c1. The summed E-state index contributed by atoms with van der Waals surface area (Å²) in [7, 11) is 0. The number of ether oxygens (including phenoxy) is 2. The standard InChI is InChI=1S/C19H20F2O2/c1-4-22-12-15-6-5-7-16(11-15)14(3)17-8-9-18(13(2)10-17)23-19(20)21/h5-11,19H,3-4,12H2,1-2H3. The Hall–Kier alpha value is -2.20. The van der Waals surface area contributed by atoms with E-state index in [-0.39, 0.29) is 5.75 Å². The summed E-state index contributed by atoms with van der Waals surface area (Å²) in [6, 6.07) is 13.0. The third-order valence-corrected chi connectivity index (χ3v) is 3.49. The van der Waals surface area contributed by atoms with E-state index >= 15 is 0 Å². The molecule has 0 N–H and O–H groups in total. The third-order valence-electron chi connectivity index (χ3n) is 3.49. The second-order valence-corrected chi connectivity index (χ2v) is 5.17. The molecule has 2 aromatic carbocycles. The number of halogens is 2. The lowest BCUT2D eigenvalue weighted by atomic mass is 9.96. The van der Waals surface area contributed by atoms with E-state index in [1.54, 1.807) is 25.1 Å². The van der Waals surface area contributed by atoms with E-state index in [1.807, 2.05) is 31.2 Å². The normalized spacial score (nSPS) is 10.8. The molecular weight excluding hydrogens is 298 g/mol. The van der Waals surface area contributed by atoms with Gasteiger partial charge in [0.25, 0.3) is 0 Å². The largest absolute Gasteiger partial charge is 0.435 e. The first-order valence-corrected chi connectivity index (χ1v) is 7.43. The molecule has 122 valence electrons. The molecule has 23 heavy (non-hydrogen) atoms. The molecule has 0 spiro atoms. The van der Waals surface area contributed by atoms with Crippen LogP contribution in [0.5, 0.6) is 5.75 Å². The summed E-state index contributed by atoms with van der Waals surface area (Å²) in [5.41, 5.74) is 4.39. The molecule has 0 aromatic heterocycles. The van der Waals surface area contributed by atoms with Crippen LogP contribution in [0.3, 0.4) is 0 Å². The van der Waals surface area contributed by atoms with Gasteiger partial charge in [0.2, 0.25) is 0 Å². The third kappa shape index (κ3) is 4.63. The van der Waals surface area contributed by atoms with Gasteiger partial charge < -0.3 is 9.47 Å². The van der Waals surface area contributed by atoms with Crippen LogP contribution >= 0.6 is 0 Å². The fraction of sp³-hybridized carbons (Fsp3) is 0.263. The first-order valence-electron chi connectivity index (χ1n) is 7.43. The van der Waals surface area contributed by atoms with Crippen LogP contribution in [0, 0.1) is 6.92 Å². The summed E-state index contributed by atoms with van der Waals surface area (Å²) >= 11 is 0. The highest BCUT2D eigenvalue weighted by Gasteiger charge is 2.10. The molecule has 2 rings (SSSR count). The topological polar surface area (TPSA) is 18.5 Å². The fourth-order valence-corrected chi connectivity index (χ4v) is 2.30. The molecule has 0 heterocycles. The van der Waals surface area contributed by atoms with Gasteiger partial charge in [-0.25, -0.2) is 0 Å². The Kier molecular flexibility index (Phi) is 5.88. The molecule has 2 aromatic rings. The molecule has 0 fully saturated rings. The minimum atomic E-state index is -2.82. The Balaban J connectivity index is 2.21. The van der Waals surface area contributed by atoms with Crippen LogP contribution in [-0.2, 0) is 11.3 Å². The number of aryl methyl sites for hydroxylation is 1. The van der Waals surface area contributed by atoms with Gasteiger partial charge in [-0.3, -0.25) is 0 Å². The van der Waals surface area contributed by atoms with Crippen LogP contribution in [-0.4, -0.2) is 13.2 Å². The molecule has 0 saturated heterocycles. The smallest absolute Gasteiger partial charge is 0.387 e. The lowest BCUT2D eigenvalue weighted by Gasteiger charge is -2.12. The molecule has 0 aliphatic rings. The van der Waals surface area contributed by atoms with Crippen molar-refractivity contribution in [2.75, 3.05) is 6.61 Å². The van der Waals surface area contributed by atoms with Crippen LogP contribution in [0.2, 0.25) is 0 Å². The number of hydrogen-bond acceptors (Lipinski definition) is 2. The number of benzene rings is 2. The summed E-state index contributed by atoms with van der Waals surface area (Å²) in [6.07, 6.45) is 0. The van der Waals surface area contributed by atoms with E-state index in [0.29, 0.717) is 18.8 Å². The van der Waals surface area contributed by atoms with Crippen molar-refractivity contribution in [3.8, 4) is 5.75 Å². The molecule has 0 bridgehead atoms. The van der Waals surface area contributed by atoms with E-state index in [9.17, 15) is 8.78 Å². The summed E-state index contributed by atoms with van der Waals surface area (Å²) in [5.74, 6) is 0.182. The molecule has 0 radical (unpaired) electrons. The van der Waals surface area contributed by atoms with Crippen LogP contribution in [0.1, 0.15) is 29.2 Å². The second-order valence-electron chi connectivity index (χ2n) is 5.17. The first kappa shape index (κ1) is 17.2. The average Bonchev–Trinajstić information content (AvgIpc) is 2.54. The molecule has 2 nitrogen and oxygen atoms in total. The quantitative estimate of drug-likeness (QED) is 0.699. The van der Waals surface area contributed by atoms with Crippen molar-refractivity contribution in [1.82, 2.24) is 0 Å². The Morgan fingerprint density at radius 1 is 1.13 bits per heavy atom. The highest BCUT2D eigenvalue weighted by Crippen LogP contribution is 2.28. The maximum absolute atomic E-state index is 12.3. The molecule has 0 aliphatic heterocycles. The van der Waals surface area contributed by atoms with Crippen molar-refractivity contribution in [3.63, 3.8) is 0 Å². The summed E-state index contributed by atoms with van der Waals surface area (Å²) in [5, 5.41) is 0. The average molecular weight is 318 g/mol. The van der Waals surface area contributed by atoms with Crippen LogP contribution < -0.4 is 4.74 Å². The highest BCUT2D eigenvalue weighted by molar-refractivity contribution is 5.78. The van der Waals surface area contributed by atoms with Crippen molar-refractivity contribution >= 4 is 5.57 Å². The number of hydrogen-bond donors (Lipinski definition) is 0. The van der Waals surface area contributed by atoms with Gasteiger partial charge in [-0.15, -0.1) is 0 Å². The molecule has 0 saturated carbocycles. The first-order chi connectivity index (χ1) is 11.0. The van der Waals surface area contributed by atoms with E-state index in [1.165, 1.54) is 0 Å². The zero-order valence-corrected chi connectivity index (χ0v) is 13.3. The van der Waals surface area contributed by atoms with E-state index in [2.05, 4.69) is 11.3 Å². The predicted molar refractivity (Wildman–Crippen MR) is 87.7 cm³/mol. The van der Waals surface area contributed by atoms with Gasteiger partial charge in [0.15, 0.2) is 0 Å². The van der Waals surface area contributed by atoms with E-state index in [4.69, 9.17) is 4.74 Å². The fourth-order valence-electron chi connectivity index (χ4n) is 2.30. The Morgan fingerprint density at radius 2 is 1.87 bits per heavy atom. The van der Waals surface area contributed by atoms with Crippen molar-refractivity contribution < 1.29 is 18.3 Å². The molecule has 4 heteroatoms. The minimum Gasteiger partial charge on any atom is -0.435 e. The van der Waals surface area contributed by atoms with Gasteiger partial charge in [0.05, 0.1) is 6.61 Å². The molecule has 0 atom stereocenters. The Bertz CT molecular complexity index is 681. The molecule has 0 unspecified atom stereocenters.